The Bertz CT molecular complexity index is 967. The van der Waals surface area contributed by atoms with Crippen LogP contribution in [0.15, 0.2) is 52.5 Å². The number of hydrogen-bond donors (Lipinski definition) is 1. The zero-order chi connectivity index (χ0) is 20.4. The van der Waals surface area contributed by atoms with Gasteiger partial charge in [-0.05, 0) is 42.7 Å². The minimum Gasteiger partial charge on any atom is -0.507 e. The van der Waals surface area contributed by atoms with Crippen LogP contribution in [0.3, 0.4) is 0 Å². The number of ether oxygens (including phenoxy) is 1. The maximum atomic E-state index is 12.9. The summed E-state index contributed by atoms with van der Waals surface area (Å²) in [5.74, 6) is -1.47. The number of amides is 1. The van der Waals surface area contributed by atoms with Gasteiger partial charge in [0.2, 0.25) is 0 Å². The van der Waals surface area contributed by atoms with Gasteiger partial charge >= 0.3 is 0 Å². The minimum absolute atomic E-state index is 0.108. The molecule has 5 nitrogen and oxygen atoms in total. The lowest BCUT2D eigenvalue weighted by Crippen LogP contribution is -2.32. The van der Waals surface area contributed by atoms with Crippen LogP contribution >= 0.6 is 15.9 Å². The van der Waals surface area contributed by atoms with Gasteiger partial charge in [-0.15, -0.1) is 0 Å². The molecule has 0 saturated carbocycles. The first-order valence-electron chi connectivity index (χ1n) is 8.96. The van der Waals surface area contributed by atoms with E-state index in [0.29, 0.717) is 12.2 Å². The molecule has 1 fully saturated rings. The molecule has 1 heterocycles. The summed E-state index contributed by atoms with van der Waals surface area (Å²) < 4.78 is 6.02. The predicted molar refractivity (Wildman–Crippen MR) is 111 cm³/mol. The van der Waals surface area contributed by atoms with E-state index in [1.165, 1.54) is 4.90 Å². The van der Waals surface area contributed by atoms with E-state index in [-0.39, 0.29) is 17.9 Å². The number of benzene rings is 2. The molecule has 0 spiro atoms. The lowest BCUT2D eigenvalue weighted by molar-refractivity contribution is -0.140. The van der Waals surface area contributed by atoms with Crippen LogP contribution in [0.25, 0.3) is 5.76 Å². The van der Waals surface area contributed by atoms with E-state index >= 15 is 0 Å². The number of methoxy groups -OCH3 is 1. The SMILES string of the molecule is COCCN1C(=O)C(=O)/C(=C(/O)c2ccc(Br)c(C)c2)C1c1ccccc1C. The standard InChI is InChI=1S/C22H22BrNO4/c1-13-6-4-5-7-16(13)19-18(21(26)22(27)24(19)10-11-28-3)20(25)15-8-9-17(23)14(2)12-15/h4-9,12,19,25H,10-11H2,1-3H3/b20-18+. The van der Waals surface area contributed by atoms with Crippen molar-refractivity contribution in [2.75, 3.05) is 20.3 Å². The quantitative estimate of drug-likeness (QED) is 0.428. The fraction of sp³-hybridized carbons (Fsp3) is 0.273. The van der Waals surface area contributed by atoms with Crippen molar-refractivity contribution in [2.24, 2.45) is 0 Å². The Hall–Kier alpha value is -2.44. The summed E-state index contributed by atoms with van der Waals surface area (Å²) in [6.45, 7) is 4.38. The summed E-state index contributed by atoms with van der Waals surface area (Å²) in [7, 11) is 1.55. The van der Waals surface area contributed by atoms with Crippen molar-refractivity contribution in [1.82, 2.24) is 4.90 Å². The third kappa shape index (κ3) is 3.62. The van der Waals surface area contributed by atoms with Gasteiger partial charge in [0.15, 0.2) is 0 Å². The van der Waals surface area contributed by atoms with Gasteiger partial charge in [0.05, 0.1) is 18.2 Å². The number of halogens is 1. The van der Waals surface area contributed by atoms with Crippen molar-refractivity contribution < 1.29 is 19.4 Å². The number of carbonyl (C=O) groups is 2. The first-order chi connectivity index (χ1) is 13.4. The number of aliphatic hydroxyl groups excluding tert-OH is 1. The number of likely N-dealkylation sites (tertiary alicyclic amines) is 1. The van der Waals surface area contributed by atoms with E-state index in [4.69, 9.17) is 4.74 Å². The Morgan fingerprint density at radius 2 is 1.86 bits per heavy atom. The molecule has 0 aliphatic carbocycles. The maximum Gasteiger partial charge on any atom is 0.295 e. The first-order valence-corrected chi connectivity index (χ1v) is 9.75. The van der Waals surface area contributed by atoms with Gasteiger partial charge in [-0.2, -0.15) is 0 Å². The normalized spacial score (nSPS) is 18.7. The van der Waals surface area contributed by atoms with Crippen LogP contribution in [-0.4, -0.2) is 42.0 Å². The summed E-state index contributed by atoms with van der Waals surface area (Å²) >= 11 is 3.44. The molecule has 1 unspecified atom stereocenters. The second-order valence-corrected chi connectivity index (χ2v) is 7.66. The molecule has 1 N–H and O–H groups in total. The van der Waals surface area contributed by atoms with Gasteiger partial charge in [0.25, 0.3) is 11.7 Å². The number of Topliss-reactive ketones (excluding diaryl/α,β-unsaturated/α-hetero) is 1. The molecule has 28 heavy (non-hydrogen) atoms. The van der Waals surface area contributed by atoms with E-state index in [9.17, 15) is 14.7 Å². The minimum atomic E-state index is -0.678. The monoisotopic (exact) mass is 443 g/mol. The highest BCUT2D eigenvalue weighted by atomic mass is 79.9. The molecular weight excluding hydrogens is 422 g/mol. The second kappa shape index (κ2) is 8.29. The van der Waals surface area contributed by atoms with Crippen molar-refractivity contribution >= 4 is 33.4 Å². The molecule has 1 aliphatic heterocycles. The summed E-state index contributed by atoms with van der Waals surface area (Å²) in [5.41, 5.74) is 3.29. The molecule has 146 valence electrons. The van der Waals surface area contributed by atoms with Crippen LogP contribution < -0.4 is 0 Å². The molecule has 3 rings (SSSR count). The molecule has 1 saturated heterocycles. The predicted octanol–water partition coefficient (Wildman–Crippen LogP) is 4.13. The summed E-state index contributed by atoms with van der Waals surface area (Å²) in [5, 5.41) is 11.0. The Balaban J connectivity index is 2.20. The van der Waals surface area contributed by atoms with E-state index in [0.717, 1.165) is 21.2 Å². The van der Waals surface area contributed by atoms with E-state index < -0.39 is 17.7 Å². The van der Waals surface area contributed by atoms with Gasteiger partial charge < -0.3 is 14.7 Å². The van der Waals surface area contributed by atoms with E-state index in [1.54, 1.807) is 19.2 Å². The highest BCUT2D eigenvalue weighted by Crippen LogP contribution is 2.40. The number of rotatable bonds is 5. The van der Waals surface area contributed by atoms with Crippen LogP contribution in [0.2, 0.25) is 0 Å². The van der Waals surface area contributed by atoms with Gasteiger partial charge in [0, 0.05) is 23.7 Å². The Labute approximate surface area is 172 Å². The third-order valence-electron chi connectivity index (χ3n) is 4.99. The number of carbonyl (C=O) groups excluding carboxylic acids is 2. The molecular formula is C22H22BrNO4. The topological polar surface area (TPSA) is 66.8 Å². The fourth-order valence-corrected chi connectivity index (χ4v) is 3.71. The zero-order valence-corrected chi connectivity index (χ0v) is 17.6. The van der Waals surface area contributed by atoms with Gasteiger partial charge in [-0.25, -0.2) is 0 Å². The van der Waals surface area contributed by atoms with Gasteiger partial charge in [0.1, 0.15) is 5.76 Å². The van der Waals surface area contributed by atoms with Crippen LogP contribution in [-0.2, 0) is 14.3 Å². The third-order valence-corrected chi connectivity index (χ3v) is 5.88. The van der Waals surface area contributed by atoms with Crippen LogP contribution in [0, 0.1) is 13.8 Å². The lowest BCUT2D eigenvalue weighted by Gasteiger charge is -2.26. The molecule has 0 aromatic heterocycles. The van der Waals surface area contributed by atoms with Crippen LogP contribution in [0.1, 0.15) is 28.3 Å². The Morgan fingerprint density at radius 3 is 2.50 bits per heavy atom. The maximum absolute atomic E-state index is 12.9. The molecule has 2 aromatic rings. The van der Waals surface area contributed by atoms with Gasteiger partial charge in [-0.3, -0.25) is 9.59 Å². The molecule has 2 aromatic carbocycles. The number of hydrogen-bond acceptors (Lipinski definition) is 4. The van der Waals surface area contributed by atoms with Crippen molar-refractivity contribution in [3.05, 3.63) is 74.8 Å². The van der Waals surface area contributed by atoms with Crippen LogP contribution in [0.4, 0.5) is 0 Å². The molecule has 0 bridgehead atoms. The van der Waals surface area contributed by atoms with Crippen molar-refractivity contribution in [1.29, 1.82) is 0 Å². The highest BCUT2D eigenvalue weighted by molar-refractivity contribution is 9.10. The molecule has 1 aliphatic rings. The van der Waals surface area contributed by atoms with E-state index in [2.05, 4.69) is 15.9 Å². The number of ketones is 1. The highest BCUT2D eigenvalue weighted by Gasteiger charge is 2.46. The zero-order valence-electron chi connectivity index (χ0n) is 16.0. The molecule has 6 heteroatoms. The van der Waals surface area contributed by atoms with E-state index in [1.807, 2.05) is 44.2 Å². The second-order valence-electron chi connectivity index (χ2n) is 6.81. The summed E-state index contributed by atoms with van der Waals surface area (Å²) in [6, 6.07) is 12.2. The Kier molecular flexibility index (Phi) is 6.01. The van der Waals surface area contributed by atoms with Gasteiger partial charge in [-0.1, -0.05) is 46.3 Å². The van der Waals surface area contributed by atoms with Crippen molar-refractivity contribution in [2.45, 2.75) is 19.9 Å². The molecule has 1 atom stereocenters. The first kappa shape index (κ1) is 20.3. The van der Waals surface area contributed by atoms with Crippen molar-refractivity contribution in [3.63, 3.8) is 0 Å². The summed E-state index contributed by atoms with van der Waals surface area (Å²) in [4.78, 5) is 27.1. The van der Waals surface area contributed by atoms with Crippen molar-refractivity contribution in [3.8, 4) is 0 Å². The lowest BCUT2D eigenvalue weighted by atomic mass is 9.92. The average molecular weight is 444 g/mol. The fourth-order valence-electron chi connectivity index (χ4n) is 3.46. The number of nitrogens with zero attached hydrogens (tertiary/aromatic N) is 1. The smallest absolute Gasteiger partial charge is 0.295 e. The summed E-state index contributed by atoms with van der Waals surface area (Å²) in [6.07, 6.45) is 0. The Morgan fingerprint density at radius 1 is 1.14 bits per heavy atom. The number of aliphatic hydroxyl groups is 1. The average Bonchev–Trinajstić information content (AvgIpc) is 2.92. The molecule has 1 amide bonds. The largest absolute Gasteiger partial charge is 0.507 e. The number of aryl methyl sites for hydroxylation is 2. The van der Waals surface area contributed by atoms with Crippen LogP contribution in [0.5, 0.6) is 0 Å². The molecule has 0 radical (unpaired) electrons.